The van der Waals surface area contributed by atoms with E-state index >= 15 is 0 Å². The molecule has 0 saturated carbocycles. The zero-order valence-corrected chi connectivity index (χ0v) is 13.4. The molecular formula is C16H20ClN3O2. The van der Waals surface area contributed by atoms with Crippen molar-refractivity contribution in [3.63, 3.8) is 0 Å². The first-order valence-corrected chi connectivity index (χ1v) is 8.13. The highest BCUT2D eigenvalue weighted by Gasteiger charge is 2.27. The van der Waals surface area contributed by atoms with Gasteiger partial charge in [-0.25, -0.2) is 0 Å². The number of halogens is 1. The second kappa shape index (κ2) is 6.57. The standard InChI is InChI=1S/C16H20ClN3O2/c1-2-13-5-3-4-8-20(13)16(21)15-7-6-14(22-15)11-19-10-12(17)9-18-19/h6-7,9-10,13H,2-5,8,11H2,1H3/t13-/m0/s1. The largest absolute Gasteiger partial charge is 0.454 e. The van der Waals surface area contributed by atoms with Crippen LogP contribution in [0.2, 0.25) is 5.02 Å². The van der Waals surface area contributed by atoms with E-state index in [4.69, 9.17) is 16.0 Å². The number of amides is 1. The number of furan rings is 1. The topological polar surface area (TPSA) is 51.3 Å². The minimum absolute atomic E-state index is 0.00343. The Morgan fingerprint density at radius 1 is 1.45 bits per heavy atom. The van der Waals surface area contributed by atoms with Gasteiger partial charge in [0.05, 0.1) is 17.8 Å². The summed E-state index contributed by atoms with van der Waals surface area (Å²) in [6, 6.07) is 3.91. The summed E-state index contributed by atoms with van der Waals surface area (Å²) in [6.07, 6.45) is 7.65. The molecule has 1 atom stereocenters. The summed E-state index contributed by atoms with van der Waals surface area (Å²) in [6.45, 7) is 3.42. The Hall–Kier alpha value is -1.75. The van der Waals surface area contributed by atoms with Gasteiger partial charge in [0.1, 0.15) is 5.76 Å². The summed E-state index contributed by atoms with van der Waals surface area (Å²) in [4.78, 5) is 14.6. The van der Waals surface area contributed by atoms with E-state index in [1.165, 1.54) is 6.42 Å². The van der Waals surface area contributed by atoms with Crippen LogP contribution in [0.4, 0.5) is 0 Å². The van der Waals surface area contributed by atoms with Gasteiger partial charge in [-0.15, -0.1) is 0 Å². The zero-order chi connectivity index (χ0) is 15.5. The minimum atomic E-state index is -0.00343. The molecule has 3 rings (SSSR count). The van der Waals surface area contributed by atoms with Gasteiger partial charge in [0.2, 0.25) is 0 Å². The van der Waals surface area contributed by atoms with Crippen molar-refractivity contribution < 1.29 is 9.21 Å². The SMILES string of the molecule is CC[C@H]1CCCCN1C(=O)c1ccc(Cn2cc(Cl)cn2)o1. The van der Waals surface area contributed by atoms with Gasteiger partial charge >= 0.3 is 0 Å². The van der Waals surface area contributed by atoms with E-state index in [0.29, 0.717) is 29.1 Å². The van der Waals surface area contributed by atoms with Gasteiger partial charge < -0.3 is 9.32 Å². The molecule has 2 aromatic rings. The number of hydrogen-bond acceptors (Lipinski definition) is 3. The summed E-state index contributed by atoms with van der Waals surface area (Å²) in [5.41, 5.74) is 0. The van der Waals surface area contributed by atoms with Crippen LogP contribution >= 0.6 is 11.6 Å². The van der Waals surface area contributed by atoms with Crippen molar-refractivity contribution >= 4 is 17.5 Å². The average Bonchev–Trinajstić information content (AvgIpc) is 3.16. The Labute approximate surface area is 134 Å². The van der Waals surface area contributed by atoms with E-state index in [0.717, 1.165) is 25.8 Å². The quantitative estimate of drug-likeness (QED) is 0.864. The van der Waals surface area contributed by atoms with Crippen LogP contribution in [0.5, 0.6) is 0 Å². The molecule has 0 radical (unpaired) electrons. The fourth-order valence-electron chi connectivity index (χ4n) is 3.00. The first-order valence-electron chi connectivity index (χ1n) is 7.75. The number of carbonyl (C=O) groups is 1. The predicted molar refractivity (Wildman–Crippen MR) is 84.0 cm³/mol. The Morgan fingerprint density at radius 3 is 3.05 bits per heavy atom. The molecule has 3 heterocycles. The van der Waals surface area contributed by atoms with Crippen molar-refractivity contribution in [3.8, 4) is 0 Å². The monoisotopic (exact) mass is 321 g/mol. The van der Waals surface area contributed by atoms with Gasteiger partial charge in [-0.3, -0.25) is 9.48 Å². The molecule has 0 bridgehead atoms. The van der Waals surface area contributed by atoms with Gasteiger partial charge in [0.25, 0.3) is 5.91 Å². The van der Waals surface area contributed by atoms with Gasteiger partial charge in [-0.1, -0.05) is 18.5 Å². The van der Waals surface area contributed by atoms with Crippen LogP contribution in [0, 0.1) is 0 Å². The third kappa shape index (κ3) is 3.19. The van der Waals surface area contributed by atoms with Crippen molar-refractivity contribution in [1.82, 2.24) is 14.7 Å². The Kier molecular flexibility index (Phi) is 4.52. The van der Waals surface area contributed by atoms with Gasteiger partial charge in [-0.2, -0.15) is 5.10 Å². The van der Waals surface area contributed by atoms with Crippen LogP contribution in [0.15, 0.2) is 28.9 Å². The number of aromatic nitrogens is 2. The fraction of sp³-hybridized carbons (Fsp3) is 0.500. The lowest BCUT2D eigenvalue weighted by atomic mass is 10.00. The van der Waals surface area contributed by atoms with Crippen molar-refractivity contribution in [2.75, 3.05) is 6.54 Å². The minimum Gasteiger partial charge on any atom is -0.454 e. The Morgan fingerprint density at radius 2 is 2.32 bits per heavy atom. The summed E-state index contributed by atoms with van der Waals surface area (Å²) in [5, 5.41) is 4.69. The van der Waals surface area contributed by atoms with E-state index in [1.54, 1.807) is 23.1 Å². The van der Waals surface area contributed by atoms with E-state index in [-0.39, 0.29) is 5.91 Å². The maximum absolute atomic E-state index is 12.6. The average molecular weight is 322 g/mol. The molecule has 1 aliphatic heterocycles. The molecule has 0 N–H and O–H groups in total. The van der Waals surface area contributed by atoms with Crippen molar-refractivity contribution in [1.29, 1.82) is 0 Å². The van der Waals surface area contributed by atoms with Gasteiger partial charge in [0.15, 0.2) is 5.76 Å². The van der Waals surface area contributed by atoms with Crippen molar-refractivity contribution in [2.45, 2.75) is 45.2 Å². The number of hydrogen-bond donors (Lipinski definition) is 0. The normalized spacial score (nSPS) is 18.6. The van der Waals surface area contributed by atoms with Crippen LogP contribution in [0.1, 0.15) is 48.9 Å². The van der Waals surface area contributed by atoms with Crippen LogP contribution in [0.25, 0.3) is 0 Å². The van der Waals surface area contributed by atoms with Crippen LogP contribution in [0.3, 0.4) is 0 Å². The highest BCUT2D eigenvalue weighted by molar-refractivity contribution is 6.30. The van der Waals surface area contributed by atoms with Crippen LogP contribution in [-0.4, -0.2) is 33.2 Å². The van der Waals surface area contributed by atoms with Gasteiger partial charge in [0, 0.05) is 18.8 Å². The lowest BCUT2D eigenvalue weighted by molar-refractivity contribution is 0.0573. The summed E-state index contributed by atoms with van der Waals surface area (Å²) in [5.74, 6) is 1.11. The van der Waals surface area contributed by atoms with E-state index in [1.807, 2.05) is 11.0 Å². The number of rotatable bonds is 4. The van der Waals surface area contributed by atoms with E-state index in [2.05, 4.69) is 12.0 Å². The molecule has 0 spiro atoms. The number of likely N-dealkylation sites (tertiary alicyclic amines) is 1. The molecule has 0 aliphatic carbocycles. The maximum Gasteiger partial charge on any atom is 0.289 e. The van der Waals surface area contributed by atoms with Crippen molar-refractivity contribution in [3.05, 3.63) is 41.1 Å². The molecule has 0 unspecified atom stereocenters. The zero-order valence-electron chi connectivity index (χ0n) is 12.7. The highest BCUT2D eigenvalue weighted by Crippen LogP contribution is 2.22. The second-order valence-corrected chi connectivity index (χ2v) is 6.11. The van der Waals surface area contributed by atoms with E-state index in [9.17, 15) is 4.79 Å². The molecule has 2 aromatic heterocycles. The number of piperidine rings is 1. The third-order valence-corrected chi connectivity index (χ3v) is 4.35. The van der Waals surface area contributed by atoms with Gasteiger partial charge in [-0.05, 0) is 37.8 Å². The lowest BCUT2D eigenvalue weighted by Gasteiger charge is -2.34. The molecule has 0 aromatic carbocycles. The summed E-state index contributed by atoms with van der Waals surface area (Å²) in [7, 11) is 0. The van der Waals surface area contributed by atoms with Crippen molar-refractivity contribution in [2.24, 2.45) is 0 Å². The smallest absolute Gasteiger partial charge is 0.289 e. The van der Waals surface area contributed by atoms with E-state index < -0.39 is 0 Å². The second-order valence-electron chi connectivity index (χ2n) is 5.68. The predicted octanol–water partition coefficient (Wildman–Crippen LogP) is 3.58. The summed E-state index contributed by atoms with van der Waals surface area (Å²) >= 11 is 5.84. The molecule has 118 valence electrons. The first kappa shape index (κ1) is 15.2. The maximum atomic E-state index is 12.6. The number of carbonyl (C=O) groups excluding carboxylic acids is 1. The highest BCUT2D eigenvalue weighted by atomic mass is 35.5. The molecule has 22 heavy (non-hydrogen) atoms. The van der Waals surface area contributed by atoms with Crippen LogP contribution in [-0.2, 0) is 6.54 Å². The van der Waals surface area contributed by atoms with Crippen LogP contribution < -0.4 is 0 Å². The molecule has 5 nitrogen and oxygen atoms in total. The molecule has 6 heteroatoms. The Balaban J connectivity index is 1.71. The number of nitrogens with zero attached hydrogens (tertiary/aromatic N) is 3. The molecular weight excluding hydrogens is 302 g/mol. The molecule has 1 amide bonds. The first-order chi connectivity index (χ1) is 10.7. The summed E-state index contributed by atoms with van der Waals surface area (Å²) < 4.78 is 7.40. The molecule has 1 fully saturated rings. The third-order valence-electron chi connectivity index (χ3n) is 4.15. The Bertz CT molecular complexity index is 649. The lowest BCUT2D eigenvalue weighted by Crippen LogP contribution is -2.43. The fourth-order valence-corrected chi connectivity index (χ4v) is 3.15. The molecule has 1 aliphatic rings. The molecule has 1 saturated heterocycles.